The van der Waals surface area contributed by atoms with Gasteiger partial charge >= 0.3 is 6.03 Å². The van der Waals surface area contributed by atoms with E-state index in [2.05, 4.69) is 15.3 Å². The van der Waals surface area contributed by atoms with Gasteiger partial charge in [-0.1, -0.05) is 17.7 Å². The molecule has 1 fully saturated rings. The van der Waals surface area contributed by atoms with Gasteiger partial charge in [0.25, 0.3) is 0 Å². The Morgan fingerprint density at radius 1 is 1.33 bits per heavy atom. The smallest absolute Gasteiger partial charge is 0.321 e. The largest absolute Gasteiger partial charge is 0.476 e. The standard InChI is InChI=1S/C17H19ClN4O2/c1-11-3-4-14(5-12(11)2)20-17(23)22-8-13(9-22)10-24-16-7-19-6-15(18)21-16/h3-7,13H,8-10H2,1-2H3,(H,20,23). The molecule has 0 atom stereocenters. The Hall–Kier alpha value is -2.34. The lowest BCUT2D eigenvalue weighted by Crippen LogP contribution is -2.53. The Kier molecular flexibility index (Phi) is 4.85. The quantitative estimate of drug-likeness (QED) is 0.922. The summed E-state index contributed by atoms with van der Waals surface area (Å²) in [6, 6.07) is 5.81. The molecule has 1 saturated heterocycles. The van der Waals surface area contributed by atoms with Crippen LogP contribution >= 0.6 is 11.6 Å². The summed E-state index contributed by atoms with van der Waals surface area (Å²) < 4.78 is 5.55. The fourth-order valence-corrected chi connectivity index (χ4v) is 2.60. The number of hydrogen-bond acceptors (Lipinski definition) is 4. The molecule has 126 valence electrons. The van der Waals surface area contributed by atoms with Crippen LogP contribution in [0.3, 0.4) is 0 Å². The van der Waals surface area contributed by atoms with E-state index in [1.54, 1.807) is 4.90 Å². The van der Waals surface area contributed by atoms with Gasteiger partial charge < -0.3 is 15.0 Å². The van der Waals surface area contributed by atoms with Crippen molar-refractivity contribution in [3.8, 4) is 5.88 Å². The lowest BCUT2D eigenvalue weighted by molar-refractivity contribution is 0.0906. The first-order chi connectivity index (χ1) is 11.5. The van der Waals surface area contributed by atoms with Crippen LogP contribution in [0.5, 0.6) is 5.88 Å². The third kappa shape index (κ3) is 3.94. The average Bonchev–Trinajstić information content (AvgIpc) is 2.49. The van der Waals surface area contributed by atoms with Gasteiger partial charge in [-0.05, 0) is 37.1 Å². The third-order valence-electron chi connectivity index (χ3n) is 4.05. The first-order valence-corrected chi connectivity index (χ1v) is 8.12. The van der Waals surface area contributed by atoms with E-state index in [1.165, 1.54) is 18.0 Å². The molecule has 3 rings (SSSR count). The van der Waals surface area contributed by atoms with Gasteiger partial charge in [-0.3, -0.25) is 4.98 Å². The Labute approximate surface area is 145 Å². The van der Waals surface area contributed by atoms with Crippen molar-refractivity contribution in [3.05, 3.63) is 46.9 Å². The van der Waals surface area contributed by atoms with E-state index in [9.17, 15) is 4.79 Å². The summed E-state index contributed by atoms with van der Waals surface area (Å²) in [6.07, 6.45) is 2.98. The molecule has 1 N–H and O–H groups in total. The predicted molar refractivity (Wildman–Crippen MR) is 92.5 cm³/mol. The second kappa shape index (κ2) is 7.05. The minimum absolute atomic E-state index is 0.0861. The number of urea groups is 1. The van der Waals surface area contributed by atoms with Crippen molar-refractivity contribution < 1.29 is 9.53 Å². The van der Waals surface area contributed by atoms with E-state index in [4.69, 9.17) is 16.3 Å². The van der Waals surface area contributed by atoms with Crippen LogP contribution in [-0.2, 0) is 0 Å². The van der Waals surface area contributed by atoms with Gasteiger partial charge in [0.15, 0.2) is 5.15 Å². The minimum atomic E-state index is -0.0861. The van der Waals surface area contributed by atoms with Crippen molar-refractivity contribution in [2.24, 2.45) is 5.92 Å². The number of ether oxygens (including phenoxy) is 1. The van der Waals surface area contributed by atoms with Gasteiger partial charge in [0.05, 0.1) is 19.0 Å². The Balaban J connectivity index is 1.44. The monoisotopic (exact) mass is 346 g/mol. The third-order valence-corrected chi connectivity index (χ3v) is 4.23. The van der Waals surface area contributed by atoms with Gasteiger partial charge in [-0.25, -0.2) is 4.79 Å². The van der Waals surface area contributed by atoms with Crippen molar-refractivity contribution in [1.29, 1.82) is 0 Å². The molecule has 0 bridgehead atoms. The molecule has 1 aliphatic rings. The Morgan fingerprint density at radius 2 is 2.12 bits per heavy atom. The van der Waals surface area contributed by atoms with Gasteiger partial charge in [0, 0.05) is 24.7 Å². The van der Waals surface area contributed by atoms with Crippen LogP contribution in [0, 0.1) is 19.8 Å². The summed E-state index contributed by atoms with van der Waals surface area (Å²) in [5.74, 6) is 0.691. The lowest BCUT2D eigenvalue weighted by atomic mass is 10.0. The number of carbonyl (C=O) groups is 1. The number of benzene rings is 1. The molecule has 1 aromatic heterocycles. The zero-order chi connectivity index (χ0) is 17.1. The number of hydrogen-bond donors (Lipinski definition) is 1. The van der Waals surface area contributed by atoms with Gasteiger partial charge in [-0.15, -0.1) is 0 Å². The molecule has 0 spiro atoms. The number of rotatable bonds is 4. The minimum Gasteiger partial charge on any atom is -0.476 e. The molecule has 0 radical (unpaired) electrons. The zero-order valence-electron chi connectivity index (χ0n) is 13.6. The van der Waals surface area contributed by atoms with Gasteiger partial charge in [0.1, 0.15) is 0 Å². The summed E-state index contributed by atoms with van der Waals surface area (Å²) in [5, 5.41) is 3.22. The van der Waals surface area contributed by atoms with Crippen LogP contribution in [0.1, 0.15) is 11.1 Å². The lowest BCUT2D eigenvalue weighted by Gasteiger charge is -2.38. The van der Waals surface area contributed by atoms with Crippen molar-refractivity contribution >= 4 is 23.3 Å². The highest BCUT2D eigenvalue weighted by Gasteiger charge is 2.31. The van der Waals surface area contributed by atoms with E-state index < -0.39 is 0 Å². The van der Waals surface area contributed by atoms with Crippen molar-refractivity contribution in [2.75, 3.05) is 25.0 Å². The number of halogens is 1. The van der Waals surface area contributed by atoms with Crippen molar-refractivity contribution in [3.63, 3.8) is 0 Å². The zero-order valence-corrected chi connectivity index (χ0v) is 14.4. The highest BCUT2D eigenvalue weighted by molar-refractivity contribution is 6.29. The number of aromatic nitrogens is 2. The fourth-order valence-electron chi connectivity index (χ4n) is 2.46. The topological polar surface area (TPSA) is 67.4 Å². The van der Waals surface area contributed by atoms with Crippen LogP contribution in [0.4, 0.5) is 10.5 Å². The highest BCUT2D eigenvalue weighted by atomic mass is 35.5. The van der Waals surface area contributed by atoms with Crippen LogP contribution in [0.15, 0.2) is 30.6 Å². The van der Waals surface area contributed by atoms with Crippen LogP contribution in [-0.4, -0.2) is 40.6 Å². The number of amides is 2. The number of carbonyl (C=O) groups excluding carboxylic acids is 1. The molecular formula is C17H19ClN4O2. The summed E-state index contributed by atoms with van der Waals surface area (Å²) >= 11 is 5.76. The molecule has 1 aromatic carbocycles. The highest BCUT2D eigenvalue weighted by Crippen LogP contribution is 2.20. The number of anilines is 1. The predicted octanol–water partition coefficient (Wildman–Crippen LogP) is 3.29. The molecule has 1 aliphatic heterocycles. The molecule has 7 heteroatoms. The normalized spacial score (nSPS) is 14.2. The molecule has 2 aromatic rings. The van der Waals surface area contributed by atoms with E-state index >= 15 is 0 Å². The molecule has 24 heavy (non-hydrogen) atoms. The van der Waals surface area contributed by atoms with E-state index in [-0.39, 0.29) is 11.9 Å². The average molecular weight is 347 g/mol. The van der Waals surface area contributed by atoms with Gasteiger partial charge in [-0.2, -0.15) is 4.98 Å². The number of nitrogens with zero attached hydrogens (tertiary/aromatic N) is 3. The maximum Gasteiger partial charge on any atom is 0.321 e. The maximum atomic E-state index is 12.2. The Bertz CT molecular complexity index is 747. The number of aryl methyl sites for hydroxylation is 2. The molecular weight excluding hydrogens is 328 g/mol. The van der Waals surface area contributed by atoms with E-state index in [1.807, 2.05) is 32.0 Å². The second-order valence-electron chi connectivity index (χ2n) is 5.99. The first-order valence-electron chi connectivity index (χ1n) is 7.75. The molecule has 0 aliphatic carbocycles. The molecule has 2 heterocycles. The van der Waals surface area contributed by atoms with Crippen molar-refractivity contribution in [2.45, 2.75) is 13.8 Å². The molecule has 0 unspecified atom stereocenters. The summed E-state index contributed by atoms with van der Waals surface area (Å²) in [5.41, 5.74) is 3.18. The van der Waals surface area contributed by atoms with E-state index in [0.29, 0.717) is 30.7 Å². The second-order valence-corrected chi connectivity index (χ2v) is 6.38. The maximum absolute atomic E-state index is 12.2. The van der Waals surface area contributed by atoms with Crippen LogP contribution < -0.4 is 10.1 Å². The summed E-state index contributed by atoms with van der Waals surface area (Å²) in [7, 11) is 0. The SMILES string of the molecule is Cc1ccc(NC(=O)N2CC(COc3cncc(Cl)n3)C2)cc1C. The number of nitrogens with one attached hydrogen (secondary N) is 1. The van der Waals surface area contributed by atoms with Crippen molar-refractivity contribution in [1.82, 2.24) is 14.9 Å². The summed E-state index contributed by atoms with van der Waals surface area (Å²) in [6.45, 7) is 5.88. The first kappa shape index (κ1) is 16.5. The molecule has 2 amide bonds. The van der Waals surface area contributed by atoms with Crippen LogP contribution in [0.25, 0.3) is 0 Å². The van der Waals surface area contributed by atoms with Crippen LogP contribution in [0.2, 0.25) is 5.15 Å². The number of likely N-dealkylation sites (tertiary alicyclic amines) is 1. The van der Waals surface area contributed by atoms with E-state index in [0.717, 1.165) is 11.3 Å². The molecule has 0 saturated carbocycles. The van der Waals surface area contributed by atoms with Gasteiger partial charge in [0.2, 0.25) is 5.88 Å². The fraction of sp³-hybridized carbons (Fsp3) is 0.353. The Morgan fingerprint density at radius 3 is 2.83 bits per heavy atom. The summed E-state index contributed by atoms with van der Waals surface area (Å²) in [4.78, 5) is 21.9. The molecule has 6 nitrogen and oxygen atoms in total.